The van der Waals surface area contributed by atoms with Crippen molar-refractivity contribution in [2.45, 2.75) is 13.2 Å². The molecule has 0 saturated heterocycles. The molecular weight excluding hydrogens is 342 g/mol. The fourth-order valence-electron chi connectivity index (χ4n) is 1.40. The minimum absolute atomic E-state index is 0.226. The Morgan fingerprint density at radius 3 is 2.38 bits per heavy atom. The van der Waals surface area contributed by atoms with Crippen LogP contribution in [0.25, 0.3) is 0 Å². The molecule has 21 heavy (non-hydrogen) atoms. The summed E-state index contributed by atoms with van der Waals surface area (Å²) in [7, 11) is -0.973. The Morgan fingerprint density at radius 2 is 1.90 bits per heavy atom. The highest BCUT2D eigenvalue weighted by molar-refractivity contribution is 7.53. The fraction of sp³-hybridized carbons (Fsp3) is 0.417. The normalized spacial score (nSPS) is 12.8. The number of halogens is 2. The molecule has 0 aliphatic heterocycles. The third-order valence-electron chi connectivity index (χ3n) is 2.38. The minimum Gasteiger partial charge on any atom is -0.453 e. The maximum absolute atomic E-state index is 12.1. The molecule has 1 unspecified atom stereocenters. The van der Waals surface area contributed by atoms with Crippen LogP contribution in [0.3, 0.4) is 0 Å². The van der Waals surface area contributed by atoms with Crippen molar-refractivity contribution in [3.05, 3.63) is 28.2 Å². The fourth-order valence-corrected chi connectivity index (χ4v) is 2.82. The zero-order valence-electron chi connectivity index (χ0n) is 11.7. The van der Waals surface area contributed by atoms with Gasteiger partial charge >= 0.3 is 13.6 Å². The predicted molar refractivity (Wildman–Crippen MR) is 79.1 cm³/mol. The van der Waals surface area contributed by atoms with Gasteiger partial charge in [0.05, 0.1) is 5.02 Å². The molecule has 118 valence electrons. The summed E-state index contributed by atoms with van der Waals surface area (Å²) >= 11 is 11.7. The lowest BCUT2D eigenvalue weighted by atomic mass is 10.3. The quantitative estimate of drug-likeness (QED) is 0.421. The van der Waals surface area contributed by atoms with Crippen molar-refractivity contribution in [3.63, 3.8) is 0 Å². The van der Waals surface area contributed by atoms with Crippen molar-refractivity contribution < 1.29 is 27.9 Å². The van der Waals surface area contributed by atoms with Crippen molar-refractivity contribution in [2.24, 2.45) is 0 Å². The van der Waals surface area contributed by atoms with Crippen LogP contribution >= 0.6 is 30.8 Å². The van der Waals surface area contributed by atoms with E-state index in [2.05, 4.69) is 0 Å². The summed E-state index contributed by atoms with van der Waals surface area (Å²) in [4.78, 5) is 11.1. The molecule has 1 aromatic carbocycles. The Hall–Kier alpha value is -0.780. The third-order valence-corrected chi connectivity index (χ3v) is 4.77. The molecule has 0 spiro atoms. The number of carbonyl (C=O) groups is 1. The first-order valence-electron chi connectivity index (χ1n) is 5.79. The Kier molecular flexibility index (Phi) is 6.97. The number of rotatable bonds is 7. The average molecular weight is 357 g/mol. The summed E-state index contributed by atoms with van der Waals surface area (Å²) in [6.07, 6.45) is -1.45. The second kappa shape index (κ2) is 8.01. The van der Waals surface area contributed by atoms with E-state index in [0.29, 0.717) is 5.02 Å². The van der Waals surface area contributed by atoms with Gasteiger partial charge in [-0.15, -0.1) is 0 Å². The van der Waals surface area contributed by atoms with Crippen LogP contribution in [-0.4, -0.2) is 32.6 Å². The van der Waals surface area contributed by atoms with E-state index in [0.717, 1.165) is 0 Å². The Balaban J connectivity index is 2.92. The van der Waals surface area contributed by atoms with E-state index in [4.69, 9.17) is 41.7 Å². The summed E-state index contributed by atoms with van der Waals surface area (Å²) < 4.78 is 32.1. The first-order valence-corrected chi connectivity index (χ1v) is 8.27. The van der Waals surface area contributed by atoms with Crippen molar-refractivity contribution in [1.29, 1.82) is 0 Å². The molecule has 1 aromatic rings. The molecular formula is C12H15Cl2O6P. The Morgan fingerprint density at radius 1 is 1.29 bits per heavy atom. The molecule has 0 N–H and O–H groups in total. The van der Waals surface area contributed by atoms with E-state index < -0.39 is 19.9 Å². The van der Waals surface area contributed by atoms with Crippen LogP contribution in [-0.2, 0) is 23.1 Å². The number of ether oxygens (including phenoxy) is 2. The van der Waals surface area contributed by atoms with E-state index in [1.54, 1.807) is 6.07 Å². The summed E-state index contributed by atoms with van der Waals surface area (Å²) in [6, 6.07) is 4.53. The van der Waals surface area contributed by atoms with Crippen LogP contribution < -0.4 is 4.74 Å². The van der Waals surface area contributed by atoms with Crippen LogP contribution in [0.4, 0.5) is 0 Å². The predicted octanol–water partition coefficient (Wildman–Crippen LogP) is 3.75. The first-order chi connectivity index (χ1) is 9.79. The third kappa shape index (κ3) is 5.85. The molecule has 0 aromatic heterocycles. The van der Waals surface area contributed by atoms with Crippen LogP contribution in [0.1, 0.15) is 6.92 Å². The Labute approximate surface area is 132 Å². The van der Waals surface area contributed by atoms with Crippen molar-refractivity contribution >= 4 is 36.8 Å². The van der Waals surface area contributed by atoms with E-state index in [9.17, 15) is 9.36 Å². The second-order valence-electron chi connectivity index (χ2n) is 3.89. The van der Waals surface area contributed by atoms with Gasteiger partial charge in [-0.1, -0.05) is 23.2 Å². The summed E-state index contributed by atoms with van der Waals surface area (Å²) in [6.45, 7) is 1.20. The van der Waals surface area contributed by atoms with Gasteiger partial charge in [-0.2, -0.15) is 0 Å². The molecule has 1 atom stereocenters. The first kappa shape index (κ1) is 18.3. The number of carbonyl (C=O) groups excluding carboxylic acids is 1. The van der Waals surface area contributed by atoms with Gasteiger partial charge in [0.1, 0.15) is 11.9 Å². The SMILES string of the molecule is COP(=O)(CC(OC(C)=O)Oc1ccc(Cl)cc1Cl)OC. The van der Waals surface area contributed by atoms with Crippen LogP contribution in [0.5, 0.6) is 5.75 Å². The van der Waals surface area contributed by atoms with Crippen molar-refractivity contribution in [3.8, 4) is 5.75 Å². The number of benzene rings is 1. The maximum atomic E-state index is 12.1. The van der Waals surface area contributed by atoms with E-state index in [1.165, 1.54) is 33.3 Å². The molecule has 0 bridgehead atoms. The lowest BCUT2D eigenvalue weighted by Gasteiger charge is -2.22. The van der Waals surface area contributed by atoms with E-state index in [1.807, 2.05) is 0 Å². The highest BCUT2D eigenvalue weighted by Crippen LogP contribution is 2.47. The number of esters is 1. The van der Waals surface area contributed by atoms with Gasteiger partial charge in [-0.3, -0.25) is 9.36 Å². The van der Waals surface area contributed by atoms with Gasteiger partial charge in [0.15, 0.2) is 0 Å². The number of hydrogen-bond donors (Lipinski definition) is 0. The van der Waals surface area contributed by atoms with E-state index in [-0.39, 0.29) is 16.9 Å². The lowest BCUT2D eigenvalue weighted by molar-refractivity contribution is -0.158. The molecule has 0 amide bonds. The summed E-state index contributed by atoms with van der Waals surface area (Å²) in [5.74, 6) is -0.380. The van der Waals surface area contributed by atoms with Gasteiger partial charge in [0, 0.05) is 26.2 Å². The van der Waals surface area contributed by atoms with Crippen LogP contribution in [0.15, 0.2) is 18.2 Å². The largest absolute Gasteiger partial charge is 0.453 e. The summed E-state index contributed by atoms with van der Waals surface area (Å²) in [5.41, 5.74) is 0. The lowest BCUT2D eigenvalue weighted by Crippen LogP contribution is -2.27. The van der Waals surface area contributed by atoms with E-state index >= 15 is 0 Å². The van der Waals surface area contributed by atoms with Gasteiger partial charge in [0.2, 0.25) is 0 Å². The zero-order valence-corrected chi connectivity index (χ0v) is 14.1. The van der Waals surface area contributed by atoms with Crippen molar-refractivity contribution in [1.82, 2.24) is 0 Å². The molecule has 0 fully saturated rings. The molecule has 0 heterocycles. The van der Waals surface area contributed by atoms with Gasteiger partial charge < -0.3 is 18.5 Å². The van der Waals surface area contributed by atoms with Crippen LogP contribution in [0.2, 0.25) is 10.0 Å². The molecule has 0 aliphatic carbocycles. The van der Waals surface area contributed by atoms with Crippen LogP contribution in [0, 0.1) is 0 Å². The highest BCUT2D eigenvalue weighted by atomic mass is 35.5. The Bertz CT molecular complexity index is 543. The standard InChI is InChI=1S/C12H15Cl2O6P/c1-8(15)19-12(7-21(16,17-2)18-3)20-11-5-4-9(13)6-10(11)14/h4-6,12H,7H2,1-3H3. The van der Waals surface area contributed by atoms with Gasteiger partial charge in [-0.05, 0) is 18.2 Å². The molecule has 0 saturated carbocycles. The van der Waals surface area contributed by atoms with Gasteiger partial charge in [0.25, 0.3) is 6.29 Å². The smallest absolute Gasteiger partial charge is 0.337 e. The monoisotopic (exact) mass is 356 g/mol. The molecule has 0 aliphatic rings. The zero-order chi connectivity index (χ0) is 16.0. The van der Waals surface area contributed by atoms with Crippen molar-refractivity contribution in [2.75, 3.05) is 20.4 Å². The second-order valence-corrected chi connectivity index (χ2v) is 7.05. The maximum Gasteiger partial charge on any atom is 0.337 e. The topological polar surface area (TPSA) is 71.1 Å². The minimum atomic E-state index is -3.43. The molecule has 6 nitrogen and oxygen atoms in total. The van der Waals surface area contributed by atoms with Gasteiger partial charge in [-0.25, -0.2) is 0 Å². The molecule has 9 heteroatoms. The molecule has 0 radical (unpaired) electrons. The number of hydrogen-bond acceptors (Lipinski definition) is 6. The molecule has 1 rings (SSSR count). The average Bonchev–Trinajstić information content (AvgIpc) is 2.41. The summed E-state index contributed by atoms with van der Waals surface area (Å²) in [5, 5.41) is 0.653. The highest BCUT2D eigenvalue weighted by Gasteiger charge is 2.30.